The number of carbonyl (C=O) groups is 1. The second-order valence-electron chi connectivity index (χ2n) is 8.86. The number of hydrogen-bond acceptors (Lipinski definition) is 3. The van der Waals surface area contributed by atoms with E-state index >= 15 is 0 Å². The van der Waals surface area contributed by atoms with Crippen LogP contribution < -0.4 is 10.1 Å². The predicted octanol–water partition coefficient (Wildman–Crippen LogP) is 6.69. The van der Waals surface area contributed by atoms with Crippen molar-refractivity contribution < 1.29 is 9.53 Å². The van der Waals surface area contributed by atoms with Gasteiger partial charge < -0.3 is 14.6 Å². The molecule has 1 aromatic heterocycles. The number of carbonyl (C=O) groups excluding carboxylic acids is 1. The predicted molar refractivity (Wildman–Crippen MR) is 138 cm³/mol. The van der Waals surface area contributed by atoms with Crippen molar-refractivity contribution >= 4 is 28.5 Å². The lowest BCUT2D eigenvalue weighted by molar-refractivity contribution is 0.0937. The molecule has 0 aliphatic carbocycles. The number of nitrogens with one attached hydrogen (secondary N) is 1. The maximum Gasteiger partial charge on any atom is 0.251 e. The van der Waals surface area contributed by atoms with Crippen molar-refractivity contribution in [3.63, 3.8) is 0 Å². The van der Waals surface area contributed by atoms with Gasteiger partial charge in [-0.2, -0.15) is 0 Å². The fraction of sp³-hybridized carbons (Fsp3) is 0.286. The van der Waals surface area contributed by atoms with Crippen molar-refractivity contribution in [3.8, 4) is 5.75 Å². The van der Waals surface area contributed by atoms with Crippen molar-refractivity contribution in [1.82, 2.24) is 14.9 Å². The Hall–Kier alpha value is -3.31. The van der Waals surface area contributed by atoms with Gasteiger partial charge in [-0.25, -0.2) is 4.98 Å². The minimum atomic E-state index is -0.302. The van der Waals surface area contributed by atoms with Crippen molar-refractivity contribution in [1.29, 1.82) is 0 Å². The minimum Gasteiger partial charge on any atom is -0.491 e. The molecule has 0 saturated heterocycles. The lowest BCUT2D eigenvalue weighted by Crippen LogP contribution is -2.29. The van der Waals surface area contributed by atoms with E-state index in [9.17, 15) is 4.79 Å². The topological polar surface area (TPSA) is 56.1 Å². The van der Waals surface area contributed by atoms with Crippen LogP contribution in [0.3, 0.4) is 0 Å². The molecule has 0 saturated carbocycles. The molecule has 1 heterocycles. The Kier molecular flexibility index (Phi) is 7.23. The summed E-state index contributed by atoms with van der Waals surface area (Å²) in [6.45, 7) is 9.46. The van der Waals surface area contributed by atoms with E-state index in [4.69, 9.17) is 21.3 Å². The number of halogens is 1. The highest BCUT2D eigenvalue weighted by Gasteiger charge is 2.19. The SMILES string of the molecule is Cc1ccc(C(C)C)c(OCCn2c(C(C)NC(=O)c3cccc(Cl)c3)nc3ccccc32)c1. The summed E-state index contributed by atoms with van der Waals surface area (Å²) in [6, 6.07) is 21.0. The molecule has 0 radical (unpaired) electrons. The summed E-state index contributed by atoms with van der Waals surface area (Å²) in [5.74, 6) is 1.89. The van der Waals surface area contributed by atoms with Crippen molar-refractivity contribution in [2.45, 2.75) is 46.2 Å². The van der Waals surface area contributed by atoms with E-state index in [0.717, 1.165) is 22.6 Å². The maximum absolute atomic E-state index is 12.8. The molecule has 34 heavy (non-hydrogen) atoms. The molecule has 4 rings (SSSR count). The average molecular weight is 476 g/mol. The smallest absolute Gasteiger partial charge is 0.251 e. The Bertz CT molecular complexity index is 1310. The lowest BCUT2D eigenvalue weighted by Gasteiger charge is -2.18. The Morgan fingerprint density at radius 1 is 1.06 bits per heavy atom. The summed E-state index contributed by atoms with van der Waals surface area (Å²) < 4.78 is 8.38. The average Bonchev–Trinajstić information content (AvgIpc) is 3.18. The first-order chi connectivity index (χ1) is 16.3. The molecule has 1 N–H and O–H groups in total. The Morgan fingerprint density at radius 3 is 2.62 bits per heavy atom. The first kappa shape index (κ1) is 23.8. The van der Waals surface area contributed by atoms with Crippen LogP contribution in [0.15, 0.2) is 66.7 Å². The van der Waals surface area contributed by atoms with Gasteiger partial charge in [-0.3, -0.25) is 4.79 Å². The first-order valence-corrected chi connectivity index (χ1v) is 12.0. The summed E-state index contributed by atoms with van der Waals surface area (Å²) in [7, 11) is 0. The number of rotatable bonds is 8. The van der Waals surface area contributed by atoms with E-state index in [1.54, 1.807) is 24.3 Å². The summed E-state index contributed by atoms with van der Waals surface area (Å²) >= 11 is 6.06. The lowest BCUT2D eigenvalue weighted by atomic mass is 10.0. The molecule has 0 aliphatic heterocycles. The molecule has 176 valence electrons. The number of hydrogen-bond donors (Lipinski definition) is 1. The zero-order valence-corrected chi connectivity index (χ0v) is 20.8. The standard InChI is InChI=1S/C28H30ClN3O2/c1-18(2)23-13-12-19(3)16-26(23)34-15-14-32-25-11-6-5-10-24(25)31-27(32)20(4)30-28(33)21-8-7-9-22(29)17-21/h5-13,16-18,20H,14-15H2,1-4H3,(H,30,33). The second-order valence-corrected chi connectivity index (χ2v) is 9.30. The van der Waals surface area contributed by atoms with Crippen LogP contribution in [0.4, 0.5) is 0 Å². The van der Waals surface area contributed by atoms with Gasteiger partial charge in [0.05, 0.1) is 23.6 Å². The van der Waals surface area contributed by atoms with Gasteiger partial charge in [0, 0.05) is 10.6 Å². The van der Waals surface area contributed by atoms with Gasteiger partial charge in [0.15, 0.2) is 0 Å². The summed E-state index contributed by atoms with van der Waals surface area (Å²) in [4.78, 5) is 17.6. The van der Waals surface area contributed by atoms with Crippen LogP contribution in [0.1, 0.15) is 60.0 Å². The van der Waals surface area contributed by atoms with Gasteiger partial charge in [0.1, 0.15) is 18.2 Å². The number of nitrogens with zero attached hydrogens (tertiary/aromatic N) is 2. The van der Waals surface area contributed by atoms with Crippen LogP contribution in [0, 0.1) is 6.92 Å². The highest BCUT2D eigenvalue weighted by molar-refractivity contribution is 6.30. The fourth-order valence-electron chi connectivity index (χ4n) is 4.12. The van der Waals surface area contributed by atoms with E-state index in [0.29, 0.717) is 29.7 Å². The summed E-state index contributed by atoms with van der Waals surface area (Å²) in [6.07, 6.45) is 0. The van der Waals surface area contributed by atoms with Crippen LogP contribution in [0.25, 0.3) is 11.0 Å². The monoisotopic (exact) mass is 475 g/mol. The van der Waals surface area contributed by atoms with Gasteiger partial charge in [-0.15, -0.1) is 0 Å². The Balaban J connectivity index is 1.56. The molecule has 1 atom stereocenters. The number of aromatic nitrogens is 2. The van der Waals surface area contributed by atoms with Crippen LogP contribution in [-0.4, -0.2) is 22.1 Å². The van der Waals surface area contributed by atoms with Crippen molar-refractivity contribution in [3.05, 3.63) is 94.3 Å². The largest absolute Gasteiger partial charge is 0.491 e. The van der Waals surface area contributed by atoms with Crippen LogP contribution in [-0.2, 0) is 6.54 Å². The molecule has 0 bridgehead atoms. The molecule has 0 spiro atoms. The zero-order chi connectivity index (χ0) is 24.2. The fourth-order valence-corrected chi connectivity index (χ4v) is 4.31. The zero-order valence-electron chi connectivity index (χ0n) is 20.0. The number of fused-ring (bicyclic) bond motifs is 1. The van der Waals surface area contributed by atoms with E-state index in [2.05, 4.69) is 48.9 Å². The summed E-state index contributed by atoms with van der Waals surface area (Å²) in [5.41, 5.74) is 4.79. The molecule has 3 aromatic carbocycles. The van der Waals surface area contributed by atoms with Gasteiger partial charge >= 0.3 is 0 Å². The molecule has 0 fully saturated rings. The number of aryl methyl sites for hydroxylation is 1. The van der Waals surface area contributed by atoms with Gasteiger partial charge in [0.25, 0.3) is 5.91 Å². The third-order valence-corrected chi connectivity index (χ3v) is 6.10. The van der Waals surface area contributed by atoms with Crippen LogP contribution in [0.5, 0.6) is 5.75 Å². The van der Waals surface area contributed by atoms with Crippen molar-refractivity contribution in [2.75, 3.05) is 6.61 Å². The Labute approximate surface area is 205 Å². The normalized spacial score (nSPS) is 12.2. The number of ether oxygens (including phenoxy) is 1. The highest BCUT2D eigenvalue weighted by atomic mass is 35.5. The highest BCUT2D eigenvalue weighted by Crippen LogP contribution is 2.28. The number of amides is 1. The molecule has 1 unspecified atom stereocenters. The van der Waals surface area contributed by atoms with Gasteiger partial charge in [-0.05, 0) is 67.3 Å². The second kappa shape index (κ2) is 10.3. The van der Waals surface area contributed by atoms with Crippen molar-refractivity contribution in [2.24, 2.45) is 0 Å². The molecule has 5 nitrogen and oxygen atoms in total. The molecule has 1 amide bonds. The third kappa shape index (κ3) is 5.26. The molecular formula is C28H30ClN3O2. The van der Waals surface area contributed by atoms with E-state index in [1.165, 1.54) is 11.1 Å². The molecule has 6 heteroatoms. The maximum atomic E-state index is 12.8. The van der Waals surface area contributed by atoms with E-state index in [-0.39, 0.29) is 11.9 Å². The van der Waals surface area contributed by atoms with Gasteiger partial charge in [0.2, 0.25) is 0 Å². The molecule has 0 aliphatic rings. The van der Waals surface area contributed by atoms with Gasteiger partial charge in [-0.1, -0.05) is 55.8 Å². The van der Waals surface area contributed by atoms with E-state index in [1.807, 2.05) is 31.2 Å². The third-order valence-electron chi connectivity index (χ3n) is 5.87. The quantitative estimate of drug-likeness (QED) is 0.309. The molecule has 4 aromatic rings. The number of para-hydroxylation sites is 2. The Morgan fingerprint density at radius 2 is 1.85 bits per heavy atom. The molecular weight excluding hydrogens is 446 g/mol. The number of benzene rings is 3. The first-order valence-electron chi connectivity index (χ1n) is 11.6. The minimum absolute atomic E-state index is 0.189. The van der Waals surface area contributed by atoms with E-state index < -0.39 is 0 Å². The van der Waals surface area contributed by atoms with Crippen LogP contribution >= 0.6 is 11.6 Å². The van der Waals surface area contributed by atoms with Crippen LogP contribution in [0.2, 0.25) is 5.02 Å². The number of imidazole rings is 1. The summed E-state index contributed by atoms with van der Waals surface area (Å²) in [5, 5.41) is 3.59.